The summed E-state index contributed by atoms with van der Waals surface area (Å²) in [5.74, 6) is 0. The van der Waals surface area contributed by atoms with Crippen LogP contribution in [-0.2, 0) is 4.29 Å². The fraction of sp³-hybridized carbons (Fsp3) is 1.00. The molecule has 0 spiro atoms. The standard InChI is InChI=1S/CH3ClO.Mg.2H/c1-3-2;;;/h1H3;;;/q;+2;2*-1. The second-order valence-corrected chi connectivity index (χ2v) is 0.463. The molecule has 0 atom stereocenters. The molecule has 0 aromatic rings. The summed E-state index contributed by atoms with van der Waals surface area (Å²) in [5, 5.41) is 0. The van der Waals surface area contributed by atoms with Crippen LogP contribution in [0.4, 0.5) is 0 Å². The van der Waals surface area contributed by atoms with Crippen LogP contribution in [0.15, 0.2) is 0 Å². The van der Waals surface area contributed by atoms with Gasteiger partial charge in [-0.25, -0.2) is 0 Å². The summed E-state index contributed by atoms with van der Waals surface area (Å²) in [4.78, 5) is 0. The maximum absolute atomic E-state index is 4.50. The maximum atomic E-state index is 4.50. The molecule has 0 aliphatic carbocycles. The third-order valence-electron chi connectivity index (χ3n) is 0. The average molecular weight is 92.8 g/mol. The Labute approximate surface area is 49.6 Å². The second-order valence-electron chi connectivity index (χ2n) is 0.154. The van der Waals surface area contributed by atoms with E-state index in [4.69, 9.17) is 0 Å². The zero-order valence-corrected chi connectivity index (χ0v) is 4.66. The van der Waals surface area contributed by atoms with Crippen molar-refractivity contribution in [3.8, 4) is 0 Å². The minimum atomic E-state index is 0. The summed E-state index contributed by atoms with van der Waals surface area (Å²) in [6.45, 7) is 0. The molecule has 0 aliphatic rings. The van der Waals surface area contributed by atoms with Crippen LogP contribution in [0.5, 0.6) is 0 Å². The van der Waals surface area contributed by atoms with Crippen LogP contribution in [0.1, 0.15) is 2.85 Å². The van der Waals surface area contributed by atoms with E-state index in [2.05, 4.69) is 16.2 Å². The van der Waals surface area contributed by atoms with Gasteiger partial charge in [-0.05, 0) is 0 Å². The van der Waals surface area contributed by atoms with E-state index >= 15 is 0 Å². The first-order valence-corrected chi connectivity index (χ1v) is 0.871. The molecule has 0 rings (SSSR count). The van der Waals surface area contributed by atoms with Gasteiger partial charge in [-0.1, -0.05) is 0 Å². The van der Waals surface area contributed by atoms with E-state index in [1.165, 1.54) is 7.11 Å². The zero-order chi connectivity index (χ0) is 2.71. The van der Waals surface area contributed by atoms with E-state index in [1.807, 2.05) is 0 Å². The second kappa shape index (κ2) is 8.99. The van der Waals surface area contributed by atoms with Crippen molar-refractivity contribution in [1.82, 2.24) is 0 Å². The van der Waals surface area contributed by atoms with Crippen molar-refractivity contribution in [1.29, 1.82) is 0 Å². The summed E-state index contributed by atoms with van der Waals surface area (Å²) < 4.78 is 3.72. The molecule has 0 unspecified atom stereocenters. The van der Waals surface area contributed by atoms with E-state index in [0.29, 0.717) is 0 Å². The monoisotopic (exact) mass is 92.0 g/mol. The third-order valence-corrected chi connectivity index (χ3v) is 0. The van der Waals surface area contributed by atoms with Gasteiger partial charge in [-0.15, -0.1) is 0 Å². The van der Waals surface area contributed by atoms with Crippen LogP contribution in [0, 0.1) is 0 Å². The summed E-state index contributed by atoms with van der Waals surface area (Å²) in [6, 6.07) is 0. The molecule has 24 valence electrons. The van der Waals surface area contributed by atoms with Gasteiger partial charge in [0.15, 0.2) is 0 Å². The first-order chi connectivity index (χ1) is 1.41. The predicted octanol–water partition coefficient (Wildman–Crippen LogP) is 0.631. The Morgan fingerprint density at radius 2 is 2.00 bits per heavy atom. The van der Waals surface area contributed by atoms with Crippen molar-refractivity contribution in [2.75, 3.05) is 7.11 Å². The summed E-state index contributed by atoms with van der Waals surface area (Å²) in [6.07, 6.45) is 0. The molecule has 0 bridgehead atoms. The van der Waals surface area contributed by atoms with Crippen LogP contribution in [0.2, 0.25) is 0 Å². The third kappa shape index (κ3) is 11.9. The minimum absolute atomic E-state index is 0. The molecule has 0 saturated carbocycles. The van der Waals surface area contributed by atoms with Gasteiger partial charge in [0, 0.05) is 0 Å². The molecule has 0 radical (unpaired) electrons. The molecule has 1 nitrogen and oxygen atoms in total. The van der Waals surface area contributed by atoms with Gasteiger partial charge in [0.2, 0.25) is 0 Å². The van der Waals surface area contributed by atoms with Crippen molar-refractivity contribution in [3.05, 3.63) is 0 Å². The van der Waals surface area contributed by atoms with Gasteiger partial charge >= 0.3 is 23.1 Å². The van der Waals surface area contributed by atoms with Crippen LogP contribution in [-0.4, -0.2) is 30.2 Å². The zero-order valence-electron chi connectivity index (χ0n) is 4.49. The molecule has 0 aliphatic heterocycles. The first-order valence-electron chi connectivity index (χ1n) is 0.563. The summed E-state index contributed by atoms with van der Waals surface area (Å²) in [5.41, 5.74) is 0. The Kier molecular flexibility index (Phi) is 20.0. The van der Waals surface area contributed by atoms with E-state index in [9.17, 15) is 0 Å². The van der Waals surface area contributed by atoms with E-state index in [1.54, 1.807) is 0 Å². The Balaban J connectivity index is -0.00000000667. The fourth-order valence-electron chi connectivity index (χ4n) is 0. The quantitative estimate of drug-likeness (QED) is 0.399. The minimum Gasteiger partial charge on any atom is -1.00 e. The molecule has 0 heterocycles. The molecular formula is CH5ClMgO. The molecule has 0 fully saturated rings. The van der Waals surface area contributed by atoms with E-state index in [0.717, 1.165) is 0 Å². The molecule has 0 N–H and O–H groups in total. The number of hydrogen-bond donors (Lipinski definition) is 0. The van der Waals surface area contributed by atoms with Crippen LogP contribution < -0.4 is 0 Å². The predicted molar refractivity (Wildman–Crippen MR) is 20.8 cm³/mol. The smallest absolute Gasteiger partial charge is 1.00 e. The molecular weight excluding hydrogens is 87.8 g/mol. The maximum Gasteiger partial charge on any atom is 2.00 e. The summed E-state index contributed by atoms with van der Waals surface area (Å²) in [7, 11) is 1.39. The van der Waals surface area contributed by atoms with Crippen molar-refractivity contribution < 1.29 is 7.14 Å². The van der Waals surface area contributed by atoms with Gasteiger partial charge in [0.05, 0.1) is 19.0 Å². The van der Waals surface area contributed by atoms with Gasteiger partial charge in [0.1, 0.15) is 0 Å². The molecule has 4 heavy (non-hydrogen) atoms. The molecule has 0 aromatic heterocycles. The normalized spacial score (nSPS) is 4.50. The van der Waals surface area contributed by atoms with Gasteiger partial charge in [-0.3, -0.25) is 4.29 Å². The van der Waals surface area contributed by atoms with Gasteiger partial charge < -0.3 is 2.85 Å². The number of halogens is 1. The largest absolute Gasteiger partial charge is 2.00 e. The molecule has 0 aromatic carbocycles. The number of rotatable bonds is 0. The topological polar surface area (TPSA) is 9.23 Å². The Morgan fingerprint density at radius 3 is 2.00 bits per heavy atom. The van der Waals surface area contributed by atoms with Crippen molar-refractivity contribution in [2.45, 2.75) is 0 Å². The van der Waals surface area contributed by atoms with Crippen LogP contribution >= 0.6 is 11.9 Å². The van der Waals surface area contributed by atoms with Crippen LogP contribution in [0.25, 0.3) is 0 Å². The average Bonchev–Trinajstić information content (AvgIpc) is 0.918. The fourth-order valence-corrected chi connectivity index (χ4v) is 0. The van der Waals surface area contributed by atoms with E-state index in [-0.39, 0.29) is 25.9 Å². The SMILES string of the molecule is COCl.[H-].[H-].[Mg+2]. The summed E-state index contributed by atoms with van der Waals surface area (Å²) >= 11 is 4.50. The Morgan fingerprint density at radius 1 is 2.00 bits per heavy atom. The van der Waals surface area contributed by atoms with E-state index < -0.39 is 0 Å². The molecule has 0 amide bonds. The Hall–Kier alpha value is 1.02. The molecule has 3 heteroatoms. The number of hydrogen-bond acceptors (Lipinski definition) is 1. The Bertz CT molecular complexity index is 13.5. The van der Waals surface area contributed by atoms with Gasteiger partial charge in [0.25, 0.3) is 0 Å². The van der Waals surface area contributed by atoms with Crippen molar-refractivity contribution in [2.24, 2.45) is 0 Å². The van der Waals surface area contributed by atoms with Gasteiger partial charge in [-0.2, -0.15) is 0 Å². The van der Waals surface area contributed by atoms with Crippen molar-refractivity contribution >= 4 is 34.9 Å². The first kappa shape index (κ1) is 8.89. The molecule has 0 saturated heterocycles. The van der Waals surface area contributed by atoms with Crippen molar-refractivity contribution in [3.63, 3.8) is 0 Å². The van der Waals surface area contributed by atoms with Crippen LogP contribution in [0.3, 0.4) is 0 Å².